The molecule has 0 radical (unpaired) electrons. The highest BCUT2D eigenvalue weighted by molar-refractivity contribution is 4.41. The second-order valence-corrected chi connectivity index (χ2v) is 2.88. The first kappa shape index (κ1) is 12.8. The van der Waals surface area contributed by atoms with E-state index in [0.717, 1.165) is 13.0 Å². The van der Waals surface area contributed by atoms with E-state index in [1.165, 1.54) is 0 Å². The Kier molecular flexibility index (Phi) is 9.80. The van der Waals surface area contributed by atoms with Gasteiger partial charge in [0, 0.05) is 20.3 Å². The van der Waals surface area contributed by atoms with Gasteiger partial charge in [-0.1, -0.05) is 0 Å². The van der Waals surface area contributed by atoms with Gasteiger partial charge in [-0.2, -0.15) is 0 Å². The van der Waals surface area contributed by atoms with Crippen LogP contribution in [0.1, 0.15) is 13.3 Å². The molecule has 0 amide bonds. The molecular weight excluding hydrogens is 172 g/mol. The van der Waals surface area contributed by atoms with Crippen molar-refractivity contribution in [2.24, 2.45) is 0 Å². The molecule has 4 nitrogen and oxygen atoms in total. The molecule has 0 heterocycles. The summed E-state index contributed by atoms with van der Waals surface area (Å²) in [7, 11) is 1.67. The first-order chi connectivity index (χ1) is 6.27. The summed E-state index contributed by atoms with van der Waals surface area (Å²) < 4.78 is 15.2. The van der Waals surface area contributed by atoms with Crippen LogP contribution in [0.3, 0.4) is 0 Å². The first-order valence-corrected chi connectivity index (χ1v) is 4.60. The minimum atomic E-state index is -0.395. The van der Waals surface area contributed by atoms with Crippen LogP contribution in [-0.2, 0) is 14.2 Å². The molecule has 0 bridgehead atoms. The molecule has 0 aliphatic carbocycles. The van der Waals surface area contributed by atoms with Crippen LogP contribution in [0.15, 0.2) is 0 Å². The molecule has 80 valence electrons. The molecular formula is C9H20O4. The number of ether oxygens (including phenoxy) is 3. The van der Waals surface area contributed by atoms with Crippen LogP contribution in [0.4, 0.5) is 0 Å². The normalized spacial score (nSPS) is 13.2. The Morgan fingerprint density at radius 3 is 2.38 bits per heavy atom. The lowest BCUT2D eigenvalue weighted by atomic mass is 10.4. The lowest BCUT2D eigenvalue weighted by molar-refractivity contribution is 0.00648. The van der Waals surface area contributed by atoms with Gasteiger partial charge in [0.15, 0.2) is 0 Å². The summed E-state index contributed by atoms with van der Waals surface area (Å²) in [4.78, 5) is 0. The molecule has 0 fully saturated rings. The van der Waals surface area contributed by atoms with Crippen molar-refractivity contribution in [1.82, 2.24) is 0 Å². The molecule has 0 aromatic rings. The minimum Gasteiger partial charge on any atom is -0.391 e. The molecule has 0 rings (SSSR count). The van der Waals surface area contributed by atoms with E-state index in [4.69, 9.17) is 19.3 Å². The van der Waals surface area contributed by atoms with E-state index in [2.05, 4.69) is 0 Å². The molecule has 1 N–H and O–H groups in total. The molecule has 1 atom stereocenters. The molecule has 13 heavy (non-hydrogen) atoms. The first-order valence-electron chi connectivity index (χ1n) is 4.60. The SMILES string of the molecule is COCCCOCCOCC(C)O. The average Bonchev–Trinajstić information content (AvgIpc) is 2.09. The predicted molar refractivity (Wildman–Crippen MR) is 49.8 cm³/mol. The number of aliphatic hydroxyl groups is 1. The van der Waals surface area contributed by atoms with Crippen LogP contribution < -0.4 is 0 Å². The summed E-state index contributed by atoms with van der Waals surface area (Å²) in [6.07, 6.45) is 0.515. The van der Waals surface area contributed by atoms with Crippen molar-refractivity contribution in [2.45, 2.75) is 19.4 Å². The van der Waals surface area contributed by atoms with Gasteiger partial charge in [-0.25, -0.2) is 0 Å². The molecule has 0 saturated heterocycles. The van der Waals surface area contributed by atoms with E-state index in [0.29, 0.717) is 26.4 Å². The van der Waals surface area contributed by atoms with E-state index in [1.807, 2.05) is 0 Å². The van der Waals surface area contributed by atoms with Crippen molar-refractivity contribution < 1.29 is 19.3 Å². The third-order valence-corrected chi connectivity index (χ3v) is 1.37. The Bertz CT molecular complexity index is 95.6. The van der Waals surface area contributed by atoms with Crippen LogP contribution >= 0.6 is 0 Å². The maximum absolute atomic E-state index is 8.84. The summed E-state index contributed by atoms with van der Waals surface area (Å²) in [5.41, 5.74) is 0. The largest absolute Gasteiger partial charge is 0.391 e. The highest BCUT2D eigenvalue weighted by Crippen LogP contribution is 1.86. The second-order valence-electron chi connectivity index (χ2n) is 2.88. The van der Waals surface area contributed by atoms with Crippen molar-refractivity contribution >= 4 is 0 Å². The summed E-state index contributed by atoms with van der Waals surface area (Å²) in [5.74, 6) is 0. The lowest BCUT2D eigenvalue weighted by Crippen LogP contribution is -2.14. The second kappa shape index (κ2) is 9.92. The molecule has 0 aromatic heterocycles. The Balaban J connectivity index is 2.84. The molecule has 0 aromatic carbocycles. The van der Waals surface area contributed by atoms with E-state index < -0.39 is 6.10 Å². The number of aliphatic hydroxyl groups excluding tert-OH is 1. The van der Waals surface area contributed by atoms with E-state index in [1.54, 1.807) is 14.0 Å². The van der Waals surface area contributed by atoms with Crippen LogP contribution in [0.2, 0.25) is 0 Å². The summed E-state index contributed by atoms with van der Waals surface area (Å²) in [6, 6.07) is 0. The highest BCUT2D eigenvalue weighted by atomic mass is 16.5. The Morgan fingerprint density at radius 1 is 1.08 bits per heavy atom. The standard InChI is InChI=1S/C9H20O4/c1-9(10)8-13-7-6-12-5-3-4-11-2/h9-10H,3-8H2,1-2H3. The van der Waals surface area contributed by atoms with Gasteiger partial charge in [0.05, 0.1) is 25.9 Å². The zero-order valence-corrected chi connectivity index (χ0v) is 8.49. The van der Waals surface area contributed by atoms with Gasteiger partial charge in [-0.3, -0.25) is 0 Å². The molecule has 4 heteroatoms. The van der Waals surface area contributed by atoms with Gasteiger partial charge in [-0.05, 0) is 13.3 Å². The monoisotopic (exact) mass is 192 g/mol. The fourth-order valence-corrected chi connectivity index (χ4v) is 0.779. The third kappa shape index (κ3) is 11.8. The fraction of sp³-hybridized carbons (Fsp3) is 1.00. The van der Waals surface area contributed by atoms with Crippen LogP contribution in [-0.4, -0.2) is 51.4 Å². The van der Waals surface area contributed by atoms with Gasteiger partial charge in [0.1, 0.15) is 0 Å². The molecule has 0 saturated carbocycles. The molecule has 0 spiro atoms. The minimum absolute atomic E-state index is 0.376. The number of hydrogen-bond donors (Lipinski definition) is 1. The summed E-state index contributed by atoms with van der Waals surface area (Å²) in [5, 5.41) is 8.84. The van der Waals surface area contributed by atoms with E-state index in [9.17, 15) is 0 Å². The maximum atomic E-state index is 8.84. The lowest BCUT2D eigenvalue weighted by Gasteiger charge is -2.06. The van der Waals surface area contributed by atoms with Gasteiger partial charge >= 0.3 is 0 Å². The zero-order chi connectivity index (χ0) is 9.94. The quantitative estimate of drug-likeness (QED) is 0.538. The number of methoxy groups -OCH3 is 1. The van der Waals surface area contributed by atoms with Crippen LogP contribution in [0, 0.1) is 0 Å². The maximum Gasteiger partial charge on any atom is 0.0745 e. The van der Waals surface area contributed by atoms with E-state index >= 15 is 0 Å². The third-order valence-electron chi connectivity index (χ3n) is 1.37. The van der Waals surface area contributed by atoms with Crippen molar-refractivity contribution in [3.8, 4) is 0 Å². The van der Waals surface area contributed by atoms with Crippen molar-refractivity contribution in [3.05, 3.63) is 0 Å². The Hall–Kier alpha value is -0.160. The highest BCUT2D eigenvalue weighted by Gasteiger charge is 1.94. The zero-order valence-electron chi connectivity index (χ0n) is 8.49. The van der Waals surface area contributed by atoms with E-state index in [-0.39, 0.29) is 0 Å². The molecule has 0 aliphatic rings. The summed E-state index contributed by atoms with van der Waals surface area (Å²) in [6.45, 7) is 4.62. The molecule has 1 unspecified atom stereocenters. The van der Waals surface area contributed by atoms with Gasteiger partial charge in [0.25, 0.3) is 0 Å². The number of hydrogen-bond acceptors (Lipinski definition) is 4. The number of rotatable bonds is 9. The topological polar surface area (TPSA) is 47.9 Å². The van der Waals surface area contributed by atoms with Gasteiger partial charge in [0.2, 0.25) is 0 Å². The predicted octanol–water partition coefficient (Wildman–Crippen LogP) is 0.437. The van der Waals surface area contributed by atoms with Gasteiger partial charge < -0.3 is 19.3 Å². The fourth-order valence-electron chi connectivity index (χ4n) is 0.779. The van der Waals surface area contributed by atoms with Crippen molar-refractivity contribution in [3.63, 3.8) is 0 Å². The van der Waals surface area contributed by atoms with Crippen LogP contribution in [0.25, 0.3) is 0 Å². The van der Waals surface area contributed by atoms with Crippen molar-refractivity contribution in [1.29, 1.82) is 0 Å². The summed E-state index contributed by atoms with van der Waals surface area (Å²) >= 11 is 0. The van der Waals surface area contributed by atoms with Crippen LogP contribution in [0.5, 0.6) is 0 Å². The Morgan fingerprint density at radius 2 is 1.77 bits per heavy atom. The molecule has 0 aliphatic heterocycles. The average molecular weight is 192 g/mol. The Labute approximate surface area is 79.8 Å². The van der Waals surface area contributed by atoms with Crippen molar-refractivity contribution in [2.75, 3.05) is 40.1 Å². The van der Waals surface area contributed by atoms with Gasteiger partial charge in [-0.15, -0.1) is 0 Å². The smallest absolute Gasteiger partial charge is 0.0745 e.